The van der Waals surface area contributed by atoms with Gasteiger partial charge in [-0.15, -0.1) is 0 Å². The Morgan fingerprint density at radius 2 is 2.04 bits per heavy atom. The third-order valence-electron chi connectivity index (χ3n) is 4.03. The molecule has 1 amide bonds. The SMILES string of the molecule is CCC(CC)n1ncc(C(=O)Nc2cccc(OCC(=O)O)c2)c1C. The number of benzene rings is 1. The van der Waals surface area contributed by atoms with Crippen molar-refractivity contribution in [1.29, 1.82) is 0 Å². The summed E-state index contributed by atoms with van der Waals surface area (Å²) in [4.78, 5) is 23.1. The minimum atomic E-state index is -1.06. The van der Waals surface area contributed by atoms with Gasteiger partial charge in [-0.3, -0.25) is 9.48 Å². The number of rotatable bonds is 8. The number of amides is 1. The molecule has 0 fully saturated rings. The molecule has 0 aliphatic carbocycles. The van der Waals surface area contributed by atoms with E-state index in [1.54, 1.807) is 30.5 Å². The number of hydrogen-bond acceptors (Lipinski definition) is 4. The third kappa shape index (κ3) is 4.59. The normalized spacial score (nSPS) is 10.7. The maximum absolute atomic E-state index is 12.5. The highest BCUT2D eigenvalue weighted by Gasteiger charge is 2.18. The summed E-state index contributed by atoms with van der Waals surface area (Å²) in [6, 6.07) is 6.89. The van der Waals surface area contributed by atoms with Crippen molar-refractivity contribution >= 4 is 17.6 Å². The second kappa shape index (κ2) is 8.32. The molecule has 0 saturated carbocycles. The Morgan fingerprint density at radius 3 is 2.68 bits per heavy atom. The Hall–Kier alpha value is -2.83. The van der Waals surface area contributed by atoms with E-state index >= 15 is 0 Å². The lowest BCUT2D eigenvalue weighted by atomic mass is 10.1. The molecule has 7 nitrogen and oxygen atoms in total. The minimum Gasteiger partial charge on any atom is -0.482 e. The molecule has 0 bridgehead atoms. The average molecular weight is 345 g/mol. The summed E-state index contributed by atoms with van der Waals surface area (Å²) in [5.74, 6) is -0.936. The number of nitrogens with zero attached hydrogens (tertiary/aromatic N) is 2. The highest BCUT2D eigenvalue weighted by Crippen LogP contribution is 2.21. The molecule has 0 aliphatic rings. The summed E-state index contributed by atoms with van der Waals surface area (Å²) in [5, 5.41) is 15.8. The van der Waals surface area contributed by atoms with Crippen molar-refractivity contribution in [3.63, 3.8) is 0 Å². The maximum atomic E-state index is 12.5. The predicted molar refractivity (Wildman–Crippen MR) is 94.1 cm³/mol. The maximum Gasteiger partial charge on any atom is 0.341 e. The van der Waals surface area contributed by atoms with Crippen LogP contribution in [0.4, 0.5) is 5.69 Å². The van der Waals surface area contributed by atoms with E-state index in [-0.39, 0.29) is 11.9 Å². The molecule has 0 unspecified atom stereocenters. The molecule has 0 aliphatic heterocycles. The predicted octanol–water partition coefficient (Wildman–Crippen LogP) is 3.27. The Morgan fingerprint density at radius 1 is 1.32 bits per heavy atom. The van der Waals surface area contributed by atoms with E-state index in [0.29, 0.717) is 17.0 Å². The summed E-state index contributed by atoms with van der Waals surface area (Å²) in [5.41, 5.74) is 1.87. The van der Waals surface area contributed by atoms with Gasteiger partial charge in [0.2, 0.25) is 0 Å². The van der Waals surface area contributed by atoms with Gasteiger partial charge >= 0.3 is 5.97 Å². The van der Waals surface area contributed by atoms with Gasteiger partial charge in [0, 0.05) is 17.4 Å². The van der Waals surface area contributed by atoms with Gasteiger partial charge in [0.15, 0.2) is 6.61 Å². The quantitative estimate of drug-likeness (QED) is 0.766. The topological polar surface area (TPSA) is 93.5 Å². The molecule has 2 aromatic rings. The largest absolute Gasteiger partial charge is 0.482 e. The molecule has 0 saturated heterocycles. The molecular formula is C18H23N3O4. The van der Waals surface area contributed by atoms with E-state index in [4.69, 9.17) is 9.84 Å². The molecule has 2 rings (SSSR count). The van der Waals surface area contributed by atoms with E-state index in [1.165, 1.54) is 0 Å². The van der Waals surface area contributed by atoms with Crippen molar-refractivity contribution in [2.24, 2.45) is 0 Å². The van der Waals surface area contributed by atoms with Gasteiger partial charge in [0.1, 0.15) is 5.75 Å². The van der Waals surface area contributed by atoms with Crippen LogP contribution in [0.25, 0.3) is 0 Å². The number of carbonyl (C=O) groups is 2. The van der Waals surface area contributed by atoms with Gasteiger partial charge < -0.3 is 15.2 Å². The summed E-state index contributed by atoms with van der Waals surface area (Å²) < 4.78 is 7.01. The lowest BCUT2D eigenvalue weighted by molar-refractivity contribution is -0.139. The fraction of sp³-hybridized carbons (Fsp3) is 0.389. The average Bonchev–Trinajstić information content (AvgIpc) is 2.96. The van der Waals surface area contributed by atoms with Crippen molar-refractivity contribution < 1.29 is 19.4 Å². The number of aliphatic carboxylic acids is 1. The molecule has 0 radical (unpaired) electrons. The number of carboxylic acid groups (broad SMARTS) is 1. The van der Waals surface area contributed by atoms with Crippen LogP contribution in [0.5, 0.6) is 5.75 Å². The Labute approximate surface area is 146 Å². The van der Waals surface area contributed by atoms with Gasteiger partial charge in [-0.1, -0.05) is 19.9 Å². The molecule has 25 heavy (non-hydrogen) atoms. The number of hydrogen-bond donors (Lipinski definition) is 2. The highest BCUT2D eigenvalue weighted by atomic mass is 16.5. The number of aromatic nitrogens is 2. The lowest BCUT2D eigenvalue weighted by Gasteiger charge is -2.15. The van der Waals surface area contributed by atoms with E-state index < -0.39 is 12.6 Å². The van der Waals surface area contributed by atoms with Crippen molar-refractivity contribution in [2.75, 3.05) is 11.9 Å². The summed E-state index contributed by atoms with van der Waals surface area (Å²) in [7, 11) is 0. The zero-order valence-electron chi connectivity index (χ0n) is 14.7. The van der Waals surface area contributed by atoms with Crippen LogP contribution in [-0.2, 0) is 4.79 Å². The smallest absolute Gasteiger partial charge is 0.341 e. The lowest BCUT2D eigenvalue weighted by Crippen LogP contribution is -2.15. The van der Waals surface area contributed by atoms with Gasteiger partial charge in [-0.2, -0.15) is 5.10 Å². The van der Waals surface area contributed by atoms with Crippen molar-refractivity contribution in [3.8, 4) is 5.75 Å². The first-order chi connectivity index (χ1) is 12.0. The van der Waals surface area contributed by atoms with Crippen LogP contribution in [0.3, 0.4) is 0 Å². The fourth-order valence-electron chi connectivity index (χ4n) is 2.66. The Kier molecular flexibility index (Phi) is 6.16. The number of carbonyl (C=O) groups excluding carboxylic acids is 1. The van der Waals surface area contributed by atoms with Crippen molar-refractivity contribution in [3.05, 3.63) is 41.7 Å². The summed E-state index contributed by atoms with van der Waals surface area (Å²) in [6.45, 7) is 5.64. The molecular weight excluding hydrogens is 322 g/mol. The second-order valence-corrected chi connectivity index (χ2v) is 5.72. The highest BCUT2D eigenvalue weighted by molar-refractivity contribution is 6.05. The third-order valence-corrected chi connectivity index (χ3v) is 4.03. The Balaban J connectivity index is 2.12. The van der Waals surface area contributed by atoms with Crippen molar-refractivity contribution in [1.82, 2.24) is 9.78 Å². The van der Waals surface area contributed by atoms with E-state index in [0.717, 1.165) is 18.5 Å². The first-order valence-electron chi connectivity index (χ1n) is 8.26. The standard InChI is InChI=1S/C18H23N3O4/c1-4-14(5-2)21-12(3)16(10-19-21)18(24)20-13-7-6-8-15(9-13)25-11-17(22)23/h6-10,14H,4-5,11H2,1-3H3,(H,20,24)(H,22,23). The number of carboxylic acids is 1. The zero-order valence-corrected chi connectivity index (χ0v) is 14.7. The first kappa shape index (κ1) is 18.5. The van der Waals surface area contributed by atoms with Crippen LogP contribution < -0.4 is 10.1 Å². The number of anilines is 1. The molecule has 1 heterocycles. The van der Waals surface area contributed by atoms with Crippen molar-refractivity contribution in [2.45, 2.75) is 39.7 Å². The molecule has 0 atom stereocenters. The summed E-state index contributed by atoms with van der Waals surface area (Å²) in [6.07, 6.45) is 3.47. The van der Waals surface area contributed by atoms with Gasteiger partial charge in [0.05, 0.1) is 17.8 Å². The van der Waals surface area contributed by atoms with Gasteiger partial charge in [-0.25, -0.2) is 4.79 Å². The summed E-state index contributed by atoms with van der Waals surface area (Å²) >= 11 is 0. The van der Waals surface area contributed by atoms with E-state index in [1.807, 2.05) is 11.6 Å². The monoisotopic (exact) mass is 345 g/mol. The molecule has 1 aromatic carbocycles. The molecule has 7 heteroatoms. The van der Waals surface area contributed by atoms with Crippen LogP contribution in [0.15, 0.2) is 30.5 Å². The molecule has 2 N–H and O–H groups in total. The second-order valence-electron chi connectivity index (χ2n) is 5.72. The molecule has 1 aromatic heterocycles. The molecule has 0 spiro atoms. The van der Waals surface area contributed by atoms with Crippen LogP contribution in [0.1, 0.15) is 48.8 Å². The Bertz CT molecular complexity index is 751. The van der Waals surface area contributed by atoms with Crippen LogP contribution in [0.2, 0.25) is 0 Å². The number of ether oxygens (including phenoxy) is 1. The van der Waals surface area contributed by atoms with Crippen LogP contribution in [0, 0.1) is 6.92 Å². The van der Waals surface area contributed by atoms with Crippen LogP contribution >= 0.6 is 0 Å². The fourth-order valence-corrected chi connectivity index (χ4v) is 2.66. The van der Waals surface area contributed by atoms with E-state index in [9.17, 15) is 9.59 Å². The van der Waals surface area contributed by atoms with Gasteiger partial charge in [0.25, 0.3) is 5.91 Å². The number of nitrogens with one attached hydrogen (secondary N) is 1. The van der Waals surface area contributed by atoms with E-state index in [2.05, 4.69) is 24.3 Å². The van der Waals surface area contributed by atoms with Gasteiger partial charge in [-0.05, 0) is 31.9 Å². The first-order valence-corrected chi connectivity index (χ1v) is 8.26. The van der Waals surface area contributed by atoms with Crippen LogP contribution in [-0.4, -0.2) is 33.4 Å². The molecule has 134 valence electrons. The minimum absolute atomic E-state index is 0.259. The zero-order chi connectivity index (χ0) is 18.4.